The molecule has 1 heterocycles. The van der Waals surface area contributed by atoms with Gasteiger partial charge in [-0.25, -0.2) is 0 Å². The van der Waals surface area contributed by atoms with Gasteiger partial charge in [-0.15, -0.1) is 0 Å². The third-order valence-corrected chi connectivity index (χ3v) is 4.44. The van der Waals surface area contributed by atoms with E-state index in [1.165, 1.54) is 0 Å². The van der Waals surface area contributed by atoms with Crippen LogP contribution in [-0.4, -0.2) is 29.5 Å². The van der Waals surface area contributed by atoms with Gasteiger partial charge in [0.15, 0.2) is 0 Å². The molecule has 0 aliphatic carbocycles. The van der Waals surface area contributed by atoms with Crippen LogP contribution in [0.15, 0.2) is 24.3 Å². The number of nitro benzene ring substituents is 1. The highest BCUT2D eigenvalue weighted by Crippen LogP contribution is 2.31. The van der Waals surface area contributed by atoms with Crippen LogP contribution in [0.25, 0.3) is 0 Å². The van der Waals surface area contributed by atoms with Crippen molar-refractivity contribution in [2.45, 2.75) is 39.2 Å². The Morgan fingerprint density at radius 2 is 1.82 bits per heavy atom. The molecule has 1 aromatic rings. The lowest BCUT2D eigenvalue weighted by Gasteiger charge is -2.41. The molecule has 0 unspecified atom stereocenters. The molecule has 2 rings (SSSR count). The maximum Gasteiger partial charge on any atom is 0.269 e. The topological polar surface area (TPSA) is 75.5 Å². The van der Waals surface area contributed by atoms with Gasteiger partial charge < -0.3 is 10.2 Å². The molecule has 6 heteroatoms. The summed E-state index contributed by atoms with van der Waals surface area (Å²) in [7, 11) is 0. The van der Waals surface area contributed by atoms with Gasteiger partial charge in [0.1, 0.15) is 0 Å². The van der Waals surface area contributed by atoms with Crippen LogP contribution < -0.4 is 10.2 Å². The molecule has 0 aromatic heterocycles. The van der Waals surface area contributed by atoms with E-state index in [1.54, 1.807) is 31.2 Å². The molecule has 6 nitrogen and oxygen atoms in total. The van der Waals surface area contributed by atoms with Crippen LogP contribution in [0, 0.1) is 16.0 Å². The fraction of sp³-hybridized carbons (Fsp3) is 0.562. The molecule has 0 atom stereocenters. The normalized spacial score (nSPS) is 16.4. The summed E-state index contributed by atoms with van der Waals surface area (Å²) in [6.45, 7) is 7.48. The van der Waals surface area contributed by atoms with Crippen molar-refractivity contribution in [2.75, 3.05) is 18.0 Å². The third kappa shape index (κ3) is 3.75. The van der Waals surface area contributed by atoms with E-state index in [0.29, 0.717) is 5.92 Å². The van der Waals surface area contributed by atoms with E-state index in [4.69, 9.17) is 0 Å². The summed E-state index contributed by atoms with van der Waals surface area (Å²) in [6.07, 6.45) is 1.98. The Morgan fingerprint density at radius 1 is 1.27 bits per heavy atom. The maximum absolute atomic E-state index is 11.3. The number of carbonyl (C=O) groups excluding carboxylic acids is 1. The summed E-state index contributed by atoms with van der Waals surface area (Å²) in [4.78, 5) is 23.8. The molecule has 22 heavy (non-hydrogen) atoms. The van der Waals surface area contributed by atoms with Gasteiger partial charge in [0, 0.05) is 43.4 Å². The van der Waals surface area contributed by atoms with E-state index in [9.17, 15) is 14.9 Å². The van der Waals surface area contributed by atoms with Crippen LogP contribution >= 0.6 is 0 Å². The molecule has 0 bridgehead atoms. The summed E-state index contributed by atoms with van der Waals surface area (Å²) >= 11 is 0. The molecule has 1 amide bonds. The first-order valence-corrected chi connectivity index (χ1v) is 7.58. The fourth-order valence-electron chi connectivity index (χ4n) is 3.20. The minimum atomic E-state index is -0.383. The molecule has 0 spiro atoms. The molecule has 1 fully saturated rings. The van der Waals surface area contributed by atoms with E-state index in [1.807, 2.05) is 0 Å². The van der Waals surface area contributed by atoms with Crippen LogP contribution in [-0.2, 0) is 4.79 Å². The van der Waals surface area contributed by atoms with Crippen molar-refractivity contribution in [3.8, 4) is 0 Å². The number of benzene rings is 1. The molecular weight excluding hydrogens is 282 g/mol. The second kappa shape index (κ2) is 6.34. The van der Waals surface area contributed by atoms with Crippen LogP contribution in [0.2, 0.25) is 0 Å². The molecule has 0 radical (unpaired) electrons. The summed E-state index contributed by atoms with van der Waals surface area (Å²) in [6, 6.07) is 6.69. The number of piperidine rings is 1. The fourth-order valence-corrected chi connectivity index (χ4v) is 3.20. The number of hydrogen-bond acceptors (Lipinski definition) is 4. The Hall–Kier alpha value is -2.11. The van der Waals surface area contributed by atoms with Crippen molar-refractivity contribution >= 4 is 17.3 Å². The van der Waals surface area contributed by atoms with Crippen molar-refractivity contribution in [3.63, 3.8) is 0 Å². The average Bonchev–Trinajstić information content (AvgIpc) is 2.46. The number of nitro groups is 1. The Kier molecular flexibility index (Phi) is 4.68. The smallest absolute Gasteiger partial charge is 0.269 e. The van der Waals surface area contributed by atoms with Crippen molar-refractivity contribution < 1.29 is 9.72 Å². The van der Waals surface area contributed by atoms with E-state index >= 15 is 0 Å². The SMILES string of the molecule is CC(=O)NC(C)(C)C1CCN(c2ccc([N+](=O)[O-])cc2)CC1. The number of nitrogens with one attached hydrogen (secondary N) is 1. The Labute approximate surface area is 130 Å². The van der Waals surface area contributed by atoms with E-state index in [2.05, 4.69) is 24.1 Å². The molecule has 1 N–H and O–H groups in total. The minimum Gasteiger partial charge on any atom is -0.372 e. The average molecular weight is 305 g/mol. The molecule has 1 aromatic carbocycles. The maximum atomic E-state index is 11.3. The molecule has 1 aliphatic rings. The number of hydrogen-bond donors (Lipinski definition) is 1. The molecule has 1 saturated heterocycles. The molecule has 120 valence electrons. The molecule has 0 saturated carbocycles. The van der Waals surface area contributed by atoms with Gasteiger partial charge in [-0.1, -0.05) is 0 Å². The zero-order valence-electron chi connectivity index (χ0n) is 13.3. The third-order valence-electron chi connectivity index (χ3n) is 4.44. The van der Waals surface area contributed by atoms with Gasteiger partial charge in [-0.05, 0) is 44.7 Å². The number of rotatable bonds is 4. The zero-order chi connectivity index (χ0) is 16.3. The van der Waals surface area contributed by atoms with Gasteiger partial charge >= 0.3 is 0 Å². The lowest BCUT2D eigenvalue weighted by atomic mass is 9.80. The predicted octanol–water partition coefficient (Wildman–Crippen LogP) is 2.73. The largest absolute Gasteiger partial charge is 0.372 e. The molecular formula is C16H23N3O3. The monoisotopic (exact) mass is 305 g/mol. The number of amides is 1. The lowest BCUT2D eigenvalue weighted by molar-refractivity contribution is -0.384. The highest BCUT2D eigenvalue weighted by atomic mass is 16.6. The first-order chi connectivity index (χ1) is 10.3. The first-order valence-electron chi connectivity index (χ1n) is 7.58. The van der Waals surface area contributed by atoms with Crippen molar-refractivity contribution in [2.24, 2.45) is 5.92 Å². The second-order valence-electron chi connectivity index (χ2n) is 6.44. The van der Waals surface area contributed by atoms with Crippen LogP contribution in [0.5, 0.6) is 0 Å². The van der Waals surface area contributed by atoms with Crippen LogP contribution in [0.3, 0.4) is 0 Å². The number of anilines is 1. The van der Waals surface area contributed by atoms with Gasteiger partial charge in [0.2, 0.25) is 5.91 Å². The second-order valence-corrected chi connectivity index (χ2v) is 6.44. The van der Waals surface area contributed by atoms with Crippen molar-refractivity contribution in [1.82, 2.24) is 5.32 Å². The number of carbonyl (C=O) groups is 1. The number of non-ortho nitro benzene ring substituents is 1. The summed E-state index contributed by atoms with van der Waals surface area (Å²) in [5.74, 6) is 0.438. The van der Waals surface area contributed by atoms with Gasteiger partial charge in [0.25, 0.3) is 5.69 Å². The first kappa shape index (κ1) is 16.3. The highest BCUT2D eigenvalue weighted by molar-refractivity contribution is 5.73. The van der Waals surface area contributed by atoms with E-state index in [0.717, 1.165) is 31.6 Å². The lowest BCUT2D eigenvalue weighted by Crippen LogP contribution is -2.51. The standard InChI is InChI=1S/C16H23N3O3/c1-12(20)17-16(2,3)13-8-10-18(11-9-13)14-4-6-15(7-5-14)19(21)22/h4-7,13H,8-11H2,1-3H3,(H,17,20). The van der Waals surface area contributed by atoms with Gasteiger partial charge in [-0.3, -0.25) is 14.9 Å². The summed E-state index contributed by atoms with van der Waals surface area (Å²) < 4.78 is 0. The van der Waals surface area contributed by atoms with E-state index in [-0.39, 0.29) is 22.1 Å². The quantitative estimate of drug-likeness (QED) is 0.685. The predicted molar refractivity (Wildman–Crippen MR) is 85.9 cm³/mol. The van der Waals surface area contributed by atoms with Crippen LogP contribution in [0.4, 0.5) is 11.4 Å². The van der Waals surface area contributed by atoms with Crippen molar-refractivity contribution in [3.05, 3.63) is 34.4 Å². The van der Waals surface area contributed by atoms with Gasteiger partial charge in [0.05, 0.1) is 4.92 Å². The Balaban J connectivity index is 1.97. The Bertz CT molecular complexity index is 546. The summed E-state index contributed by atoms with van der Waals surface area (Å²) in [5.41, 5.74) is 0.930. The summed E-state index contributed by atoms with van der Waals surface area (Å²) in [5, 5.41) is 13.7. The highest BCUT2D eigenvalue weighted by Gasteiger charge is 2.33. The Morgan fingerprint density at radius 3 is 2.27 bits per heavy atom. The van der Waals surface area contributed by atoms with E-state index < -0.39 is 0 Å². The zero-order valence-corrected chi connectivity index (χ0v) is 13.3. The van der Waals surface area contributed by atoms with Crippen LogP contribution in [0.1, 0.15) is 33.6 Å². The number of nitrogens with zero attached hydrogens (tertiary/aromatic N) is 2. The van der Waals surface area contributed by atoms with Gasteiger partial charge in [-0.2, -0.15) is 0 Å². The van der Waals surface area contributed by atoms with Crippen molar-refractivity contribution in [1.29, 1.82) is 0 Å². The molecule has 1 aliphatic heterocycles. The minimum absolute atomic E-state index is 0.00259.